The van der Waals surface area contributed by atoms with E-state index in [1.54, 1.807) is 48.3 Å². The summed E-state index contributed by atoms with van der Waals surface area (Å²) in [5.41, 5.74) is 2.10. The minimum atomic E-state index is -4.49. The van der Waals surface area contributed by atoms with Gasteiger partial charge in [0.15, 0.2) is 0 Å². The van der Waals surface area contributed by atoms with Gasteiger partial charge < -0.3 is 9.80 Å². The SMILES string of the molecule is CC(Cc1cc(=O)n(Cc2ccc(C(=O)N(C)CC(F)(F)F)cc2)cn1)N(C)C(=O)c1ccc(Cn2cnccc2=O)cc1. The molecule has 0 saturated carbocycles. The third kappa shape index (κ3) is 8.27. The molecule has 2 heterocycles. The molecule has 0 spiro atoms. The van der Waals surface area contributed by atoms with Gasteiger partial charge in [-0.25, -0.2) is 9.97 Å². The van der Waals surface area contributed by atoms with Crippen molar-refractivity contribution in [1.29, 1.82) is 0 Å². The number of rotatable bonds is 10. The van der Waals surface area contributed by atoms with Crippen LogP contribution in [0.5, 0.6) is 0 Å². The maximum atomic E-state index is 13.1. The number of likely N-dealkylation sites (N-methyl/N-ethyl adjacent to an activating group) is 1. The average Bonchev–Trinajstić information content (AvgIpc) is 2.98. The highest BCUT2D eigenvalue weighted by atomic mass is 19.4. The molecule has 230 valence electrons. The van der Waals surface area contributed by atoms with Crippen molar-refractivity contribution in [1.82, 2.24) is 28.9 Å². The topological polar surface area (TPSA) is 110 Å². The Morgan fingerprint density at radius 1 is 0.818 bits per heavy atom. The van der Waals surface area contributed by atoms with Crippen molar-refractivity contribution < 1.29 is 22.8 Å². The molecular weight excluding hydrogens is 577 g/mol. The van der Waals surface area contributed by atoms with E-state index in [-0.39, 0.29) is 35.2 Å². The summed E-state index contributed by atoms with van der Waals surface area (Å²) in [5, 5.41) is 0. The van der Waals surface area contributed by atoms with Gasteiger partial charge >= 0.3 is 6.18 Å². The van der Waals surface area contributed by atoms with E-state index in [0.29, 0.717) is 34.7 Å². The maximum absolute atomic E-state index is 13.1. The highest BCUT2D eigenvalue weighted by Gasteiger charge is 2.31. The zero-order chi connectivity index (χ0) is 32.0. The van der Waals surface area contributed by atoms with Crippen molar-refractivity contribution in [3.63, 3.8) is 0 Å². The summed E-state index contributed by atoms with van der Waals surface area (Å²) in [6.07, 6.45) is 0.126. The summed E-state index contributed by atoms with van der Waals surface area (Å²) in [6.45, 7) is 0.981. The van der Waals surface area contributed by atoms with Crippen LogP contribution in [0.1, 0.15) is 44.5 Å². The van der Waals surface area contributed by atoms with Gasteiger partial charge in [0, 0.05) is 61.7 Å². The lowest BCUT2D eigenvalue weighted by Crippen LogP contribution is -2.37. The van der Waals surface area contributed by atoms with E-state index in [2.05, 4.69) is 9.97 Å². The molecule has 0 fully saturated rings. The first kappa shape index (κ1) is 31.9. The molecule has 2 aromatic heterocycles. The Balaban J connectivity index is 1.34. The minimum Gasteiger partial charge on any atom is -0.339 e. The van der Waals surface area contributed by atoms with E-state index in [9.17, 15) is 32.3 Å². The molecular formula is C31H31F3N6O4. The van der Waals surface area contributed by atoms with Crippen molar-refractivity contribution in [3.05, 3.63) is 128 Å². The Kier molecular flexibility index (Phi) is 9.77. The molecule has 2 amide bonds. The molecule has 13 heteroatoms. The van der Waals surface area contributed by atoms with Crippen LogP contribution in [0, 0.1) is 0 Å². The summed E-state index contributed by atoms with van der Waals surface area (Å²) >= 11 is 0. The van der Waals surface area contributed by atoms with Crippen LogP contribution in [0.3, 0.4) is 0 Å². The maximum Gasteiger partial charge on any atom is 0.406 e. The van der Waals surface area contributed by atoms with Gasteiger partial charge in [-0.1, -0.05) is 24.3 Å². The number of carbonyl (C=O) groups excluding carboxylic acids is 2. The smallest absolute Gasteiger partial charge is 0.339 e. The minimum absolute atomic E-state index is 0.103. The summed E-state index contributed by atoms with van der Waals surface area (Å²) in [6, 6.07) is 15.4. The van der Waals surface area contributed by atoms with E-state index in [1.807, 2.05) is 6.92 Å². The van der Waals surface area contributed by atoms with Gasteiger partial charge in [-0.05, 0) is 42.3 Å². The van der Waals surface area contributed by atoms with Crippen molar-refractivity contribution >= 4 is 11.8 Å². The first-order valence-electron chi connectivity index (χ1n) is 13.6. The number of halogens is 3. The fourth-order valence-corrected chi connectivity index (χ4v) is 4.49. The number of alkyl halides is 3. The van der Waals surface area contributed by atoms with Crippen LogP contribution >= 0.6 is 0 Å². The molecule has 0 aliphatic heterocycles. The Hall–Kier alpha value is -5.07. The van der Waals surface area contributed by atoms with Crippen LogP contribution in [0.2, 0.25) is 0 Å². The average molecular weight is 609 g/mol. The number of benzene rings is 2. The summed E-state index contributed by atoms with van der Waals surface area (Å²) < 4.78 is 40.6. The lowest BCUT2D eigenvalue weighted by molar-refractivity contribution is -0.138. The number of hydrogen-bond acceptors (Lipinski definition) is 6. The zero-order valence-corrected chi connectivity index (χ0v) is 24.4. The molecule has 1 unspecified atom stereocenters. The van der Waals surface area contributed by atoms with Crippen LogP contribution in [0.15, 0.2) is 89.1 Å². The molecule has 0 aliphatic carbocycles. The number of aromatic nitrogens is 4. The Morgan fingerprint density at radius 3 is 1.89 bits per heavy atom. The van der Waals surface area contributed by atoms with Crippen molar-refractivity contribution in [2.24, 2.45) is 0 Å². The van der Waals surface area contributed by atoms with E-state index in [4.69, 9.17) is 0 Å². The van der Waals surface area contributed by atoms with Crippen molar-refractivity contribution in [2.75, 3.05) is 20.6 Å². The van der Waals surface area contributed by atoms with Gasteiger partial charge in [0.05, 0.1) is 25.7 Å². The standard InChI is InChI=1S/C31H31F3N6O4/c1-21(38(3)30(44)25-10-6-22(7-11-25)16-39-19-35-13-12-27(39)41)14-26-15-28(42)40(20-36-26)17-23-4-8-24(9-5-23)29(43)37(2)18-31(32,33)34/h4-13,15,19-21H,14,16-18H2,1-3H3. The molecule has 44 heavy (non-hydrogen) atoms. The quantitative estimate of drug-likeness (QED) is 0.274. The molecule has 0 N–H and O–H groups in total. The zero-order valence-electron chi connectivity index (χ0n) is 24.4. The molecule has 4 rings (SSSR count). The third-order valence-electron chi connectivity index (χ3n) is 7.09. The molecule has 10 nitrogen and oxygen atoms in total. The summed E-state index contributed by atoms with van der Waals surface area (Å²) in [5.74, 6) is -0.965. The monoisotopic (exact) mass is 608 g/mol. The Bertz CT molecular complexity index is 1730. The molecule has 0 bridgehead atoms. The first-order chi connectivity index (χ1) is 20.8. The largest absolute Gasteiger partial charge is 0.406 e. The molecule has 0 radical (unpaired) electrons. The van der Waals surface area contributed by atoms with Gasteiger partial charge in [0.1, 0.15) is 6.54 Å². The Labute approximate surface area is 251 Å². The van der Waals surface area contributed by atoms with E-state index in [1.165, 1.54) is 52.3 Å². The van der Waals surface area contributed by atoms with Gasteiger partial charge in [-0.3, -0.25) is 28.3 Å². The second-order valence-corrected chi connectivity index (χ2v) is 10.5. The lowest BCUT2D eigenvalue weighted by atomic mass is 10.1. The molecule has 2 aromatic carbocycles. The summed E-state index contributed by atoms with van der Waals surface area (Å²) in [7, 11) is 2.76. The van der Waals surface area contributed by atoms with Gasteiger partial charge in [-0.15, -0.1) is 0 Å². The number of hydrogen-bond donors (Lipinski definition) is 0. The fourth-order valence-electron chi connectivity index (χ4n) is 4.49. The van der Waals surface area contributed by atoms with Gasteiger partial charge in [-0.2, -0.15) is 13.2 Å². The van der Waals surface area contributed by atoms with Crippen molar-refractivity contribution in [2.45, 2.75) is 38.7 Å². The second kappa shape index (κ2) is 13.5. The van der Waals surface area contributed by atoms with E-state index in [0.717, 1.165) is 12.6 Å². The van der Waals surface area contributed by atoms with E-state index < -0.39 is 18.6 Å². The lowest BCUT2D eigenvalue weighted by Gasteiger charge is -2.25. The van der Waals surface area contributed by atoms with Gasteiger partial charge in [0.2, 0.25) is 0 Å². The molecule has 0 saturated heterocycles. The molecule has 0 aliphatic rings. The number of nitrogens with zero attached hydrogens (tertiary/aromatic N) is 6. The van der Waals surface area contributed by atoms with Crippen LogP contribution in [0.25, 0.3) is 0 Å². The number of amides is 2. The number of carbonyl (C=O) groups is 2. The van der Waals surface area contributed by atoms with Gasteiger partial charge in [0.25, 0.3) is 22.9 Å². The molecule has 1 atom stereocenters. The predicted molar refractivity (Wildman–Crippen MR) is 156 cm³/mol. The highest BCUT2D eigenvalue weighted by Crippen LogP contribution is 2.17. The van der Waals surface area contributed by atoms with Crippen LogP contribution in [-0.2, 0) is 19.5 Å². The van der Waals surface area contributed by atoms with Crippen LogP contribution < -0.4 is 11.1 Å². The molecule has 4 aromatic rings. The normalized spacial score (nSPS) is 12.0. The third-order valence-corrected chi connectivity index (χ3v) is 7.09. The second-order valence-electron chi connectivity index (χ2n) is 10.5. The summed E-state index contributed by atoms with van der Waals surface area (Å²) in [4.78, 5) is 60.5. The van der Waals surface area contributed by atoms with Crippen molar-refractivity contribution in [3.8, 4) is 0 Å². The van der Waals surface area contributed by atoms with Crippen LogP contribution in [0.4, 0.5) is 13.2 Å². The van der Waals surface area contributed by atoms with Crippen LogP contribution in [-0.4, -0.2) is 73.6 Å². The highest BCUT2D eigenvalue weighted by molar-refractivity contribution is 5.94. The predicted octanol–water partition coefficient (Wildman–Crippen LogP) is 3.23. The van der Waals surface area contributed by atoms with E-state index >= 15 is 0 Å². The first-order valence-corrected chi connectivity index (χ1v) is 13.6. The Morgan fingerprint density at radius 2 is 1.36 bits per heavy atom. The fraction of sp³-hybridized carbons (Fsp3) is 0.290.